The van der Waals surface area contributed by atoms with E-state index in [0.29, 0.717) is 6.54 Å². The number of benzene rings is 3. The molecular weight excluding hydrogens is 456 g/mol. The summed E-state index contributed by atoms with van der Waals surface area (Å²) in [5, 5.41) is 3.26. The monoisotopic (exact) mass is 490 g/mol. The Morgan fingerprint density at radius 2 is 1.39 bits per heavy atom. The van der Waals surface area contributed by atoms with Gasteiger partial charge in [-0.1, -0.05) is 30.3 Å². The van der Waals surface area contributed by atoms with Crippen molar-refractivity contribution in [2.75, 3.05) is 41.5 Å². The van der Waals surface area contributed by atoms with E-state index in [1.165, 1.54) is 0 Å². The molecule has 1 saturated heterocycles. The molecule has 0 saturated carbocycles. The molecule has 190 valence electrons. The number of amides is 1. The summed E-state index contributed by atoms with van der Waals surface area (Å²) in [6.45, 7) is 1.14. The van der Waals surface area contributed by atoms with Gasteiger partial charge in [0.1, 0.15) is 23.0 Å². The van der Waals surface area contributed by atoms with Crippen molar-refractivity contribution in [2.24, 2.45) is 0 Å². The van der Waals surface area contributed by atoms with Crippen LogP contribution in [-0.2, 0) is 4.79 Å². The van der Waals surface area contributed by atoms with Gasteiger partial charge in [0.25, 0.3) is 0 Å². The lowest BCUT2D eigenvalue weighted by molar-refractivity contribution is -0.123. The zero-order valence-corrected chi connectivity index (χ0v) is 21.3. The predicted molar refractivity (Wildman–Crippen MR) is 139 cm³/mol. The fourth-order valence-electron chi connectivity index (χ4n) is 4.80. The third kappa shape index (κ3) is 5.74. The highest BCUT2D eigenvalue weighted by atomic mass is 16.5. The second kappa shape index (κ2) is 11.8. The average molecular weight is 491 g/mol. The van der Waals surface area contributed by atoms with E-state index in [-0.39, 0.29) is 18.0 Å². The molecule has 1 atom stereocenters. The van der Waals surface area contributed by atoms with Gasteiger partial charge < -0.3 is 24.3 Å². The third-order valence-corrected chi connectivity index (χ3v) is 6.71. The molecule has 3 aromatic rings. The van der Waals surface area contributed by atoms with Crippen LogP contribution in [0.2, 0.25) is 0 Å². The first-order chi connectivity index (χ1) is 17.6. The van der Waals surface area contributed by atoms with E-state index in [2.05, 4.69) is 10.2 Å². The fourth-order valence-corrected chi connectivity index (χ4v) is 4.80. The Bertz CT molecular complexity index is 1100. The highest BCUT2D eigenvalue weighted by Crippen LogP contribution is 2.38. The van der Waals surface area contributed by atoms with Gasteiger partial charge in [0.05, 0.1) is 41.0 Å². The van der Waals surface area contributed by atoms with E-state index in [1.54, 1.807) is 28.4 Å². The Balaban J connectivity index is 1.54. The van der Waals surface area contributed by atoms with Gasteiger partial charge in [0, 0.05) is 17.7 Å². The molecule has 4 rings (SSSR count). The molecule has 0 aromatic heterocycles. The van der Waals surface area contributed by atoms with Gasteiger partial charge in [-0.05, 0) is 60.8 Å². The summed E-state index contributed by atoms with van der Waals surface area (Å²) in [6.07, 6.45) is 1.99. The van der Waals surface area contributed by atoms with Crippen LogP contribution in [0.25, 0.3) is 0 Å². The van der Waals surface area contributed by atoms with E-state index < -0.39 is 0 Å². The van der Waals surface area contributed by atoms with E-state index in [0.717, 1.165) is 59.1 Å². The summed E-state index contributed by atoms with van der Waals surface area (Å²) in [5.74, 6) is 3.03. The predicted octanol–water partition coefficient (Wildman–Crippen LogP) is 4.76. The summed E-state index contributed by atoms with van der Waals surface area (Å²) in [7, 11) is 6.59. The Labute approximate surface area is 212 Å². The molecule has 1 aliphatic rings. The number of rotatable bonds is 10. The largest absolute Gasteiger partial charge is 0.497 e. The normalized spacial score (nSPS) is 15.5. The highest BCUT2D eigenvalue weighted by Gasteiger charge is 2.30. The van der Waals surface area contributed by atoms with Gasteiger partial charge >= 0.3 is 0 Å². The number of hydrogen-bond acceptors (Lipinski definition) is 6. The van der Waals surface area contributed by atoms with Crippen LogP contribution >= 0.6 is 0 Å². The van der Waals surface area contributed by atoms with Crippen molar-refractivity contribution in [3.05, 3.63) is 83.4 Å². The fraction of sp³-hybridized carbons (Fsp3) is 0.345. The molecule has 1 fully saturated rings. The lowest BCUT2D eigenvalue weighted by atomic mass is 9.98. The zero-order chi connectivity index (χ0) is 25.5. The van der Waals surface area contributed by atoms with Crippen LogP contribution in [0.1, 0.15) is 41.6 Å². The minimum atomic E-state index is -0.300. The summed E-state index contributed by atoms with van der Waals surface area (Å²) >= 11 is 0. The van der Waals surface area contributed by atoms with Gasteiger partial charge in [-0.3, -0.25) is 9.69 Å². The molecule has 1 aliphatic heterocycles. The molecule has 7 heteroatoms. The molecule has 0 spiro atoms. The number of carbonyl (C=O) groups excluding carboxylic acids is 1. The smallest absolute Gasteiger partial charge is 0.234 e. The van der Waals surface area contributed by atoms with Crippen LogP contribution in [0.5, 0.6) is 23.0 Å². The van der Waals surface area contributed by atoms with Crippen molar-refractivity contribution in [3.8, 4) is 23.0 Å². The van der Waals surface area contributed by atoms with Crippen LogP contribution < -0.4 is 24.3 Å². The number of methoxy groups -OCH3 is 4. The lowest BCUT2D eigenvalue weighted by Crippen LogP contribution is -2.39. The van der Waals surface area contributed by atoms with Gasteiger partial charge in [-0.2, -0.15) is 0 Å². The van der Waals surface area contributed by atoms with Crippen molar-refractivity contribution in [1.82, 2.24) is 10.2 Å². The summed E-state index contributed by atoms with van der Waals surface area (Å²) < 4.78 is 21.6. The topological polar surface area (TPSA) is 69.3 Å². The maximum atomic E-state index is 13.4. The van der Waals surface area contributed by atoms with E-state index >= 15 is 0 Å². The molecule has 0 aliphatic carbocycles. The number of nitrogens with one attached hydrogen (secondary N) is 1. The van der Waals surface area contributed by atoms with Gasteiger partial charge in [0.2, 0.25) is 5.91 Å². The molecule has 1 N–H and O–H groups in total. The number of hydrogen-bond donors (Lipinski definition) is 1. The summed E-state index contributed by atoms with van der Waals surface area (Å²) in [4.78, 5) is 15.6. The van der Waals surface area contributed by atoms with Crippen molar-refractivity contribution in [2.45, 2.75) is 24.9 Å². The number of likely N-dealkylation sites (tertiary alicyclic amines) is 1. The van der Waals surface area contributed by atoms with Crippen molar-refractivity contribution >= 4 is 5.91 Å². The first-order valence-corrected chi connectivity index (χ1v) is 12.1. The maximum absolute atomic E-state index is 13.4. The Kier molecular flexibility index (Phi) is 8.33. The minimum absolute atomic E-state index is 0.0361. The van der Waals surface area contributed by atoms with Crippen LogP contribution in [-0.4, -0.2) is 52.3 Å². The van der Waals surface area contributed by atoms with E-state index in [9.17, 15) is 4.79 Å². The SMILES string of the molecule is COc1ccc(C(NC(=O)CN2CCCC2c2ccc(OC)cc2OC)c2ccc(OC)cc2)cc1. The number of nitrogens with zero attached hydrogens (tertiary/aromatic N) is 1. The molecule has 36 heavy (non-hydrogen) atoms. The van der Waals surface area contributed by atoms with Crippen LogP contribution in [0.4, 0.5) is 0 Å². The summed E-state index contributed by atoms with van der Waals surface area (Å²) in [6, 6.07) is 21.2. The average Bonchev–Trinajstić information content (AvgIpc) is 3.39. The van der Waals surface area contributed by atoms with E-state index in [4.69, 9.17) is 18.9 Å². The molecular formula is C29H34N2O5. The molecule has 0 bridgehead atoms. The Hall–Kier alpha value is -3.71. The van der Waals surface area contributed by atoms with Gasteiger partial charge in [-0.25, -0.2) is 0 Å². The molecule has 1 amide bonds. The lowest BCUT2D eigenvalue weighted by Gasteiger charge is -2.27. The highest BCUT2D eigenvalue weighted by molar-refractivity contribution is 5.79. The van der Waals surface area contributed by atoms with Crippen molar-refractivity contribution < 1.29 is 23.7 Å². The molecule has 1 heterocycles. The first-order valence-electron chi connectivity index (χ1n) is 12.1. The van der Waals surface area contributed by atoms with Crippen LogP contribution in [0, 0.1) is 0 Å². The third-order valence-electron chi connectivity index (χ3n) is 6.71. The van der Waals surface area contributed by atoms with Gasteiger partial charge in [0.15, 0.2) is 0 Å². The van der Waals surface area contributed by atoms with Crippen LogP contribution in [0.15, 0.2) is 66.7 Å². The Morgan fingerprint density at radius 1 is 0.833 bits per heavy atom. The molecule has 7 nitrogen and oxygen atoms in total. The number of carbonyl (C=O) groups is 1. The quantitative estimate of drug-likeness (QED) is 0.442. The Morgan fingerprint density at radius 3 is 1.92 bits per heavy atom. The minimum Gasteiger partial charge on any atom is -0.497 e. The van der Waals surface area contributed by atoms with Gasteiger partial charge in [-0.15, -0.1) is 0 Å². The molecule has 0 radical (unpaired) electrons. The van der Waals surface area contributed by atoms with Crippen LogP contribution in [0.3, 0.4) is 0 Å². The second-order valence-electron chi connectivity index (χ2n) is 8.78. The standard InChI is InChI=1S/C29H34N2O5/c1-33-22-11-7-20(8-12-22)29(21-9-13-23(34-2)14-10-21)30-28(32)19-31-17-5-6-26(31)25-16-15-24(35-3)18-27(25)36-4/h7-16,18,26,29H,5-6,17,19H2,1-4H3,(H,30,32). The van der Waals surface area contributed by atoms with E-state index in [1.807, 2.05) is 66.7 Å². The van der Waals surface area contributed by atoms with Crippen molar-refractivity contribution in [3.63, 3.8) is 0 Å². The summed E-state index contributed by atoms with van der Waals surface area (Å²) in [5.41, 5.74) is 3.03. The first kappa shape index (κ1) is 25.4. The zero-order valence-electron chi connectivity index (χ0n) is 21.3. The number of ether oxygens (including phenoxy) is 4. The maximum Gasteiger partial charge on any atom is 0.234 e. The van der Waals surface area contributed by atoms with Crippen molar-refractivity contribution in [1.29, 1.82) is 0 Å². The second-order valence-corrected chi connectivity index (χ2v) is 8.78. The molecule has 3 aromatic carbocycles. The molecule has 1 unspecified atom stereocenters.